The van der Waals surface area contributed by atoms with Gasteiger partial charge in [-0.2, -0.15) is 0 Å². The second-order valence-electron chi connectivity index (χ2n) is 5.76. The SMILES string of the molecule is CCN(CCNC(=O)NCC(CC)(CC)C(=O)O)C1CC1. The number of carboxylic acids is 1. The zero-order valence-electron chi connectivity index (χ0n) is 13.4. The highest BCUT2D eigenvalue weighted by Crippen LogP contribution is 2.26. The molecule has 2 amide bonds. The molecule has 0 radical (unpaired) electrons. The Morgan fingerprint density at radius 1 is 1.19 bits per heavy atom. The number of urea groups is 1. The predicted octanol–water partition coefficient (Wildman–Crippen LogP) is 1.66. The van der Waals surface area contributed by atoms with Gasteiger partial charge in [0, 0.05) is 25.7 Å². The lowest BCUT2D eigenvalue weighted by molar-refractivity contribution is -0.149. The first-order valence-electron chi connectivity index (χ1n) is 7.98. The number of carboxylic acid groups (broad SMARTS) is 1. The van der Waals surface area contributed by atoms with Crippen molar-refractivity contribution < 1.29 is 14.7 Å². The molecule has 0 unspecified atom stereocenters. The van der Waals surface area contributed by atoms with E-state index in [2.05, 4.69) is 22.5 Å². The van der Waals surface area contributed by atoms with E-state index in [4.69, 9.17) is 0 Å². The molecule has 1 aliphatic carbocycles. The number of rotatable bonds is 10. The van der Waals surface area contributed by atoms with Gasteiger partial charge in [0.2, 0.25) is 0 Å². The lowest BCUT2D eigenvalue weighted by atomic mass is 9.82. The Balaban J connectivity index is 2.28. The molecule has 1 rings (SSSR count). The molecule has 0 aromatic heterocycles. The number of aliphatic carboxylic acids is 1. The Hall–Kier alpha value is -1.30. The van der Waals surface area contributed by atoms with Gasteiger partial charge in [-0.3, -0.25) is 9.69 Å². The number of likely N-dealkylation sites (N-methyl/N-ethyl adjacent to an activating group) is 1. The van der Waals surface area contributed by atoms with Crippen LogP contribution in [-0.2, 0) is 4.79 Å². The number of hydrogen-bond donors (Lipinski definition) is 3. The smallest absolute Gasteiger partial charge is 0.314 e. The summed E-state index contributed by atoms with van der Waals surface area (Å²) in [5.74, 6) is -0.848. The molecule has 1 saturated carbocycles. The maximum atomic E-state index is 11.8. The summed E-state index contributed by atoms with van der Waals surface area (Å²) in [6, 6.07) is 0.411. The van der Waals surface area contributed by atoms with Crippen LogP contribution in [0.3, 0.4) is 0 Å². The van der Waals surface area contributed by atoms with E-state index in [1.807, 2.05) is 13.8 Å². The molecule has 0 aliphatic heterocycles. The minimum Gasteiger partial charge on any atom is -0.481 e. The highest BCUT2D eigenvalue weighted by atomic mass is 16.4. The number of nitrogens with zero attached hydrogens (tertiary/aromatic N) is 1. The van der Waals surface area contributed by atoms with Crippen LogP contribution in [0.5, 0.6) is 0 Å². The van der Waals surface area contributed by atoms with Crippen LogP contribution in [0.1, 0.15) is 46.5 Å². The lowest BCUT2D eigenvalue weighted by Crippen LogP contribution is -2.47. The number of amides is 2. The Morgan fingerprint density at radius 3 is 2.24 bits per heavy atom. The zero-order valence-corrected chi connectivity index (χ0v) is 13.4. The van der Waals surface area contributed by atoms with Crippen LogP contribution in [-0.4, -0.2) is 54.2 Å². The highest BCUT2D eigenvalue weighted by Gasteiger charge is 2.35. The van der Waals surface area contributed by atoms with Crippen LogP contribution in [0.2, 0.25) is 0 Å². The molecule has 6 nitrogen and oxygen atoms in total. The topological polar surface area (TPSA) is 81.7 Å². The van der Waals surface area contributed by atoms with Gasteiger partial charge < -0.3 is 15.7 Å². The molecule has 0 heterocycles. The third-order valence-electron chi connectivity index (χ3n) is 4.55. The van der Waals surface area contributed by atoms with Crippen molar-refractivity contribution in [3.63, 3.8) is 0 Å². The summed E-state index contributed by atoms with van der Waals surface area (Å²) in [6.07, 6.45) is 3.52. The summed E-state index contributed by atoms with van der Waals surface area (Å²) in [7, 11) is 0. The van der Waals surface area contributed by atoms with Gasteiger partial charge in [0.05, 0.1) is 5.41 Å². The van der Waals surface area contributed by atoms with Crippen LogP contribution < -0.4 is 10.6 Å². The largest absolute Gasteiger partial charge is 0.481 e. The normalized spacial score (nSPS) is 15.0. The fourth-order valence-electron chi connectivity index (χ4n) is 2.54. The third kappa shape index (κ3) is 5.19. The van der Waals surface area contributed by atoms with Crippen molar-refractivity contribution in [2.24, 2.45) is 5.41 Å². The fourth-order valence-corrected chi connectivity index (χ4v) is 2.54. The van der Waals surface area contributed by atoms with Crippen molar-refractivity contribution in [3.8, 4) is 0 Å². The van der Waals surface area contributed by atoms with Gasteiger partial charge in [-0.25, -0.2) is 4.79 Å². The average molecular weight is 299 g/mol. The van der Waals surface area contributed by atoms with Gasteiger partial charge in [-0.05, 0) is 32.2 Å². The fraction of sp³-hybridized carbons (Fsp3) is 0.867. The number of nitrogens with one attached hydrogen (secondary N) is 2. The first-order valence-corrected chi connectivity index (χ1v) is 7.98. The Bertz CT molecular complexity index is 352. The highest BCUT2D eigenvalue weighted by molar-refractivity contribution is 5.78. The Labute approximate surface area is 127 Å². The molecule has 0 aromatic rings. The van der Waals surface area contributed by atoms with Crippen LogP contribution in [0.4, 0.5) is 4.79 Å². The first kappa shape index (κ1) is 17.8. The number of carbonyl (C=O) groups is 2. The summed E-state index contributed by atoms with van der Waals surface area (Å²) in [4.78, 5) is 25.5. The maximum absolute atomic E-state index is 11.8. The predicted molar refractivity (Wildman–Crippen MR) is 82.3 cm³/mol. The van der Waals surface area contributed by atoms with Crippen molar-refractivity contribution in [1.29, 1.82) is 0 Å². The van der Waals surface area contributed by atoms with Gasteiger partial charge in [-0.1, -0.05) is 20.8 Å². The standard InChI is InChI=1S/C15H29N3O3/c1-4-15(5-2,13(19)20)11-17-14(21)16-9-10-18(6-3)12-7-8-12/h12H,4-11H2,1-3H3,(H,19,20)(H2,16,17,21). The third-order valence-corrected chi connectivity index (χ3v) is 4.55. The molecule has 1 fully saturated rings. The average Bonchev–Trinajstić information content (AvgIpc) is 3.29. The number of carbonyl (C=O) groups excluding carboxylic acids is 1. The van der Waals surface area contributed by atoms with Gasteiger partial charge in [0.15, 0.2) is 0 Å². The molecule has 0 aromatic carbocycles. The van der Waals surface area contributed by atoms with Crippen molar-refractivity contribution in [1.82, 2.24) is 15.5 Å². The molecule has 0 atom stereocenters. The van der Waals surface area contributed by atoms with Crippen LogP contribution in [0.15, 0.2) is 0 Å². The Morgan fingerprint density at radius 2 is 1.81 bits per heavy atom. The molecule has 21 heavy (non-hydrogen) atoms. The summed E-state index contributed by atoms with van der Waals surface area (Å²) in [5, 5.41) is 14.8. The minimum absolute atomic E-state index is 0.168. The summed E-state index contributed by atoms with van der Waals surface area (Å²) >= 11 is 0. The van der Waals surface area contributed by atoms with Gasteiger partial charge >= 0.3 is 12.0 Å². The molecule has 0 saturated heterocycles. The monoisotopic (exact) mass is 299 g/mol. The van der Waals surface area contributed by atoms with Crippen molar-refractivity contribution in [2.75, 3.05) is 26.2 Å². The summed E-state index contributed by atoms with van der Waals surface area (Å²) < 4.78 is 0. The van der Waals surface area contributed by atoms with Gasteiger partial charge in [0.1, 0.15) is 0 Å². The lowest BCUT2D eigenvalue weighted by Gasteiger charge is -2.27. The zero-order chi connectivity index (χ0) is 15.9. The summed E-state index contributed by atoms with van der Waals surface area (Å²) in [6.45, 7) is 8.41. The summed E-state index contributed by atoms with van der Waals surface area (Å²) in [5.41, 5.74) is -0.860. The minimum atomic E-state index is -0.860. The van der Waals surface area contributed by atoms with E-state index in [0.717, 1.165) is 13.1 Å². The molecule has 1 aliphatic rings. The quantitative estimate of drug-likeness (QED) is 0.573. The van der Waals surface area contributed by atoms with Gasteiger partial charge in [0.25, 0.3) is 0 Å². The molecular formula is C15H29N3O3. The van der Waals surface area contributed by atoms with E-state index in [9.17, 15) is 14.7 Å². The van der Waals surface area contributed by atoms with E-state index in [1.165, 1.54) is 12.8 Å². The molecular weight excluding hydrogens is 270 g/mol. The van der Waals surface area contributed by atoms with Crippen molar-refractivity contribution in [3.05, 3.63) is 0 Å². The maximum Gasteiger partial charge on any atom is 0.314 e. The first-order chi connectivity index (χ1) is 9.99. The second-order valence-corrected chi connectivity index (χ2v) is 5.76. The van der Waals surface area contributed by atoms with Crippen LogP contribution in [0.25, 0.3) is 0 Å². The van der Waals surface area contributed by atoms with E-state index in [0.29, 0.717) is 25.4 Å². The van der Waals surface area contributed by atoms with E-state index in [-0.39, 0.29) is 12.6 Å². The van der Waals surface area contributed by atoms with E-state index >= 15 is 0 Å². The van der Waals surface area contributed by atoms with E-state index in [1.54, 1.807) is 0 Å². The molecule has 3 N–H and O–H groups in total. The van der Waals surface area contributed by atoms with Gasteiger partial charge in [-0.15, -0.1) is 0 Å². The molecule has 0 bridgehead atoms. The molecule has 6 heteroatoms. The Kier molecular flexibility index (Phi) is 6.95. The van der Waals surface area contributed by atoms with E-state index < -0.39 is 11.4 Å². The van der Waals surface area contributed by atoms with Crippen LogP contribution >= 0.6 is 0 Å². The second kappa shape index (κ2) is 8.22. The van der Waals surface area contributed by atoms with Crippen molar-refractivity contribution in [2.45, 2.75) is 52.5 Å². The number of hydrogen-bond acceptors (Lipinski definition) is 3. The molecule has 0 spiro atoms. The molecule has 122 valence electrons. The van der Waals surface area contributed by atoms with Crippen LogP contribution in [0, 0.1) is 5.41 Å². The van der Waals surface area contributed by atoms with Crippen molar-refractivity contribution >= 4 is 12.0 Å².